The van der Waals surface area contributed by atoms with E-state index in [9.17, 15) is 13.5 Å². The van der Waals surface area contributed by atoms with Crippen LogP contribution in [0.3, 0.4) is 0 Å². The number of aliphatic hydroxyl groups is 1. The van der Waals surface area contributed by atoms with Gasteiger partial charge in [-0.1, -0.05) is 0 Å². The molecule has 0 spiro atoms. The lowest BCUT2D eigenvalue weighted by atomic mass is 10.2. The summed E-state index contributed by atoms with van der Waals surface area (Å²) in [5, 5.41) is 9.30. The van der Waals surface area contributed by atoms with Gasteiger partial charge in [0.2, 0.25) is 0 Å². The van der Waals surface area contributed by atoms with Crippen molar-refractivity contribution >= 4 is 9.84 Å². The highest BCUT2D eigenvalue weighted by atomic mass is 32.2. The summed E-state index contributed by atoms with van der Waals surface area (Å²) in [6.45, 7) is 1.50. The van der Waals surface area contributed by atoms with E-state index in [2.05, 4.69) is 4.90 Å². The highest BCUT2D eigenvalue weighted by Gasteiger charge is 2.35. The van der Waals surface area contributed by atoms with E-state index in [0.29, 0.717) is 18.1 Å². The zero-order valence-corrected chi connectivity index (χ0v) is 8.33. The van der Waals surface area contributed by atoms with Crippen LogP contribution in [0.4, 0.5) is 0 Å². The van der Waals surface area contributed by atoms with Crippen molar-refractivity contribution in [3.8, 4) is 0 Å². The molecule has 1 unspecified atom stereocenters. The molecule has 2 fully saturated rings. The topological polar surface area (TPSA) is 57.6 Å². The van der Waals surface area contributed by atoms with Crippen LogP contribution < -0.4 is 0 Å². The average Bonchev–Trinajstić information content (AvgIpc) is 2.56. The molecule has 0 aromatic rings. The van der Waals surface area contributed by atoms with Gasteiger partial charge in [-0.3, -0.25) is 4.90 Å². The van der Waals surface area contributed by atoms with E-state index in [1.807, 2.05) is 0 Å². The molecule has 13 heavy (non-hydrogen) atoms. The van der Waals surface area contributed by atoms with Gasteiger partial charge in [-0.05, 0) is 12.8 Å². The van der Waals surface area contributed by atoms with E-state index in [0.717, 1.165) is 19.4 Å². The molecule has 4 nitrogen and oxygen atoms in total. The monoisotopic (exact) mass is 205 g/mol. The summed E-state index contributed by atoms with van der Waals surface area (Å²) in [5.41, 5.74) is 0. The van der Waals surface area contributed by atoms with Crippen LogP contribution in [0.5, 0.6) is 0 Å². The Balaban J connectivity index is 1.97. The minimum absolute atomic E-state index is 0.169. The second kappa shape index (κ2) is 3.22. The molecule has 1 N–H and O–H groups in total. The molecule has 0 bridgehead atoms. The Kier molecular flexibility index (Phi) is 2.33. The molecule has 0 amide bonds. The van der Waals surface area contributed by atoms with Crippen molar-refractivity contribution in [1.29, 1.82) is 0 Å². The summed E-state index contributed by atoms with van der Waals surface area (Å²) in [6, 6.07) is 0.169. The Morgan fingerprint density at radius 3 is 2.54 bits per heavy atom. The van der Waals surface area contributed by atoms with Gasteiger partial charge < -0.3 is 5.11 Å². The first-order valence-corrected chi connectivity index (χ1v) is 6.51. The Bertz CT molecular complexity index is 288. The Hall–Kier alpha value is -0.130. The SMILES string of the molecule is O=S1(=O)CCC(N2CC[C@@H](O)C2)C1. The van der Waals surface area contributed by atoms with Crippen LogP contribution in [-0.4, -0.2) is 55.2 Å². The molecule has 2 rings (SSSR count). The average molecular weight is 205 g/mol. The van der Waals surface area contributed by atoms with Gasteiger partial charge in [0.05, 0.1) is 17.6 Å². The first-order valence-electron chi connectivity index (χ1n) is 4.69. The van der Waals surface area contributed by atoms with Crippen LogP contribution in [0.2, 0.25) is 0 Å². The van der Waals surface area contributed by atoms with E-state index in [1.165, 1.54) is 0 Å². The molecule has 2 aliphatic heterocycles. The summed E-state index contributed by atoms with van der Waals surface area (Å²) >= 11 is 0. The van der Waals surface area contributed by atoms with E-state index in [1.54, 1.807) is 0 Å². The maximum Gasteiger partial charge on any atom is 0.151 e. The van der Waals surface area contributed by atoms with Gasteiger partial charge in [-0.2, -0.15) is 0 Å². The van der Waals surface area contributed by atoms with Crippen molar-refractivity contribution in [2.24, 2.45) is 0 Å². The number of aliphatic hydroxyl groups excluding tert-OH is 1. The lowest BCUT2D eigenvalue weighted by Crippen LogP contribution is -2.34. The number of β-amino-alcohol motifs (C(OH)–C–C–N with tert-alkyl or cyclic N) is 1. The minimum Gasteiger partial charge on any atom is -0.392 e. The zero-order chi connectivity index (χ0) is 9.47. The lowest BCUT2D eigenvalue weighted by molar-refractivity contribution is 0.164. The normalized spacial score (nSPS) is 39.8. The van der Waals surface area contributed by atoms with Crippen molar-refractivity contribution < 1.29 is 13.5 Å². The van der Waals surface area contributed by atoms with Crippen LogP contribution in [-0.2, 0) is 9.84 Å². The molecule has 0 aliphatic carbocycles. The quantitative estimate of drug-likeness (QED) is 0.611. The smallest absolute Gasteiger partial charge is 0.151 e. The standard InChI is InChI=1S/C8H15NO3S/c10-8-1-3-9(5-8)7-2-4-13(11,12)6-7/h7-8,10H,1-6H2/t7?,8-/m1/s1. The maximum absolute atomic E-state index is 11.2. The predicted octanol–water partition coefficient (Wildman–Crippen LogP) is -0.760. The maximum atomic E-state index is 11.2. The first kappa shape index (κ1) is 9.43. The largest absolute Gasteiger partial charge is 0.392 e. The summed E-state index contributed by atoms with van der Waals surface area (Å²) in [5.74, 6) is 0.615. The third-order valence-corrected chi connectivity index (χ3v) is 4.67. The van der Waals surface area contributed by atoms with Crippen LogP contribution in [0, 0.1) is 0 Å². The summed E-state index contributed by atoms with van der Waals surface area (Å²) in [4.78, 5) is 2.11. The minimum atomic E-state index is -2.77. The summed E-state index contributed by atoms with van der Waals surface area (Å²) in [6.07, 6.45) is 1.29. The predicted molar refractivity (Wildman–Crippen MR) is 49.3 cm³/mol. The third-order valence-electron chi connectivity index (χ3n) is 2.92. The summed E-state index contributed by atoms with van der Waals surface area (Å²) < 4.78 is 22.4. The van der Waals surface area contributed by atoms with Crippen LogP contribution in [0.25, 0.3) is 0 Å². The van der Waals surface area contributed by atoms with E-state index in [4.69, 9.17) is 0 Å². The van der Waals surface area contributed by atoms with Gasteiger partial charge >= 0.3 is 0 Å². The molecular formula is C8H15NO3S. The van der Waals surface area contributed by atoms with Gasteiger partial charge in [-0.15, -0.1) is 0 Å². The number of hydrogen-bond acceptors (Lipinski definition) is 4. The van der Waals surface area contributed by atoms with E-state index >= 15 is 0 Å². The van der Waals surface area contributed by atoms with Crippen LogP contribution in [0.15, 0.2) is 0 Å². The lowest BCUT2D eigenvalue weighted by Gasteiger charge is -2.21. The van der Waals surface area contributed by atoms with Gasteiger partial charge in [0.25, 0.3) is 0 Å². The number of nitrogens with zero attached hydrogens (tertiary/aromatic N) is 1. The fourth-order valence-corrected chi connectivity index (χ4v) is 3.92. The molecule has 0 aromatic carbocycles. The zero-order valence-electron chi connectivity index (χ0n) is 7.52. The van der Waals surface area contributed by atoms with Gasteiger partial charge in [0.15, 0.2) is 9.84 Å². The van der Waals surface area contributed by atoms with Crippen molar-refractivity contribution in [1.82, 2.24) is 4.90 Å². The number of sulfone groups is 1. The van der Waals surface area contributed by atoms with Gasteiger partial charge in [-0.25, -0.2) is 8.42 Å². The molecule has 0 aromatic heterocycles. The highest BCUT2D eigenvalue weighted by molar-refractivity contribution is 7.91. The summed E-state index contributed by atoms with van der Waals surface area (Å²) in [7, 11) is -2.77. The van der Waals surface area contributed by atoms with E-state index < -0.39 is 9.84 Å². The van der Waals surface area contributed by atoms with Crippen molar-refractivity contribution in [2.75, 3.05) is 24.6 Å². The van der Waals surface area contributed by atoms with Crippen molar-refractivity contribution in [3.63, 3.8) is 0 Å². The highest BCUT2D eigenvalue weighted by Crippen LogP contribution is 2.21. The fraction of sp³-hybridized carbons (Fsp3) is 1.00. The Morgan fingerprint density at radius 2 is 2.08 bits per heavy atom. The fourth-order valence-electron chi connectivity index (χ4n) is 2.16. The molecule has 2 atom stereocenters. The van der Waals surface area contributed by atoms with Crippen LogP contribution >= 0.6 is 0 Å². The first-order chi connectivity index (χ1) is 6.07. The molecule has 2 aliphatic rings. The molecule has 2 saturated heterocycles. The van der Waals surface area contributed by atoms with E-state index in [-0.39, 0.29) is 12.1 Å². The number of rotatable bonds is 1. The third kappa shape index (κ3) is 2.03. The van der Waals surface area contributed by atoms with Gasteiger partial charge in [0, 0.05) is 19.1 Å². The molecule has 0 radical (unpaired) electrons. The Labute approximate surface area is 78.5 Å². The number of likely N-dealkylation sites (tertiary alicyclic amines) is 1. The number of hydrogen-bond donors (Lipinski definition) is 1. The van der Waals surface area contributed by atoms with Crippen LogP contribution in [0.1, 0.15) is 12.8 Å². The molecule has 76 valence electrons. The molecular weight excluding hydrogens is 190 g/mol. The Morgan fingerprint density at radius 1 is 1.31 bits per heavy atom. The van der Waals surface area contributed by atoms with Gasteiger partial charge in [0.1, 0.15) is 0 Å². The van der Waals surface area contributed by atoms with Crippen molar-refractivity contribution in [2.45, 2.75) is 25.0 Å². The molecule has 5 heteroatoms. The molecule has 2 heterocycles. The molecule has 0 saturated carbocycles. The second-order valence-corrected chi connectivity index (χ2v) is 6.22. The second-order valence-electron chi connectivity index (χ2n) is 3.99. The van der Waals surface area contributed by atoms with Crippen molar-refractivity contribution in [3.05, 3.63) is 0 Å².